The molecule has 2 heterocycles. The number of carbonyl (C=O) groups excluding carboxylic acids is 1. The third-order valence-corrected chi connectivity index (χ3v) is 7.67. The van der Waals surface area contributed by atoms with Crippen LogP contribution < -0.4 is 19.6 Å². The van der Waals surface area contributed by atoms with Crippen LogP contribution in [0.5, 0.6) is 11.5 Å². The van der Waals surface area contributed by atoms with Crippen molar-refractivity contribution in [3.8, 4) is 11.5 Å². The van der Waals surface area contributed by atoms with Gasteiger partial charge in [-0.2, -0.15) is 0 Å². The minimum Gasteiger partial charge on any atom is -0.506 e. The summed E-state index contributed by atoms with van der Waals surface area (Å²) in [6.07, 6.45) is 1.75. The predicted octanol–water partition coefficient (Wildman–Crippen LogP) is 3.88. The Hall–Kier alpha value is -2.44. The topological polar surface area (TPSA) is 90.1 Å². The van der Waals surface area contributed by atoms with Crippen molar-refractivity contribution < 1.29 is 19.4 Å². The van der Waals surface area contributed by atoms with E-state index in [0.29, 0.717) is 40.0 Å². The number of ether oxygens (including phenoxy) is 2. The van der Waals surface area contributed by atoms with Gasteiger partial charge in [-0.1, -0.05) is 23.5 Å². The van der Waals surface area contributed by atoms with Crippen LogP contribution in [0.25, 0.3) is 6.08 Å². The molecular weight excluding hydrogens is 635 g/mol. The molecule has 4 rings (SSSR count). The van der Waals surface area contributed by atoms with Crippen LogP contribution in [0.4, 0.5) is 0 Å². The van der Waals surface area contributed by atoms with E-state index in [1.807, 2.05) is 34.7 Å². The largest absolute Gasteiger partial charge is 0.506 e. The lowest BCUT2D eigenvalue weighted by molar-refractivity contribution is -0.139. The Morgan fingerprint density at radius 3 is 2.79 bits per heavy atom. The Balaban J connectivity index is 1.97. The number of fused-ring (bicyclic) bond motifs is 1. The second-order valence-electron chi connectivity index (χ2n) is 7.41. The van der Waals surface area contributed by atoms with E-state index in [1.54, 1.807) is 51.3 Å². The Kier molecular flexibility index (Phi) is 7.29. The fourth-order valence-corrected chi connectivity index (χ4v) is 6.28. The van der Waals surface area contributed by atoms with E-state index in [0.717, 1.165) is 5.56 Å². The van der Waals surface area contributed by atoms with E-state index < -0.39 is 12.0 Å². The van der Waals surface area contributed by atoms with Gasteiger partial charge in [-0.15, -0.1) is 0 Å². The van der Waals surface area contributed by atoms with Crippen molar-refractivity contribution in [1.29, 1.82) is 0 Å². The van der Waals surface area contributed by atoms with E-state index in [2.05, 4.69) is 20.9 Å². The van der Waals surface area contributed by atoms with Gasteiger partial charge in [0.1, 0.15) is 11.5 Å². The molecule has 0 saturated carbocycles. The number of aromatic hydroxyl groups is 1. The molecule has 0 fully saturated rings. The molecule has 10 heteroatoms. The number of aromatic nitrogens is 1. The van der Waals surface area contributed by atoms with Gasteiger partial charge in [0.25, 0.3) is 5.56 Å². The molecule has 0 aliphatic carbocycles. The summed E-state index contributed by atoms with van der Waals surface area (Å²) in [6, 6.07) is 10.1. The normalized spacial score (nSPS) is 15.7. The van der Waals surface area contributed by atoms with Crippen LogP contribution in [0.2, 0.25) is 0 Å². The fourth-order valence-electron chi connectivity index (χ4n) is 3.74. The molecule has 3 aromatic rings. The number of nitrogens with zero attached hydrogens (tertiary/aromatic N) is 2. The van der Waals surface area contributed by atoms with Crippen molar-refractivity contribution >= 4 is 61.9 Å². The minimum atomic E-state index is -0.709. The van der Waals surface area contributed by atoms with Gasteiger partial charge < -0.3 is 14.6 Å². The summed E-state index contributed by atoms with van der Waals surface area (Å²) in [4.78, 5) is 31.7. The lowest BCUT2D eigenvalue weighted by Gasteiger charge is -2.25. The summed E-state index contributed by atoms with van der Waals surface area (Å²) in [5.74, 6) is 0.246. The van der Waals surface area contributed by atoms with Gasteiger partial charge in [0.05, 0.1) is 43.6 Å². The number of thiazole rings is 1. The summed E-state index contributed by atoms with van der Waals surface area (Å²) >= 11 is 6.62. The fraction of sp³-hybridized carbons (Fsp3) is 0.208. The molecule has 1 aromatic heterocycles. The minimum absolute atomic E-state index is 0.145. The van der Waals surface area contributed by atoms with Crippen LogP contribution in [0, 0.1) is 3.57 Å². The molecule has 0 bridgehead atoms. The number of allylic oxidation sites excluding steroid dienone is 1. The standard InChI is InChI=1S/C24H20BrIN2O5S/c1-4-33-23(31)19-12(2)27-24-28(20(19)14-6-5-7-15(11-14)32-3)22(30)18(34-24)10-13-8-16(25)21(29)17(26)9-13/h5-11,20,29H,4H2,1-3H3/b18-10-/t20-/m0/s1. The first-order chi connectivity index (χ1) is 16.2. The van der Waals surface area contributed by atoms with Crippen LogP contribution in [0.15, 0.2) is 61.9 Å². The number of carbonyl (C=O) groups is 1. The van der Waals surface area contributed by atoms with Gasteiger partial charge >= 0.3 is 5.97 Å². The number of phenols is 1. The molecule has 0 amide bonds. The number of phenolic OH excluding ortho intramolecular Hbond substituents is 1. The maximum absolute atomic E-state index is 13.6. The van der Waals surface area contributed by atoms with Gasteiger partial charge in [-0.05, 0) is 93.8 Å². The zero-order valence-corrected chi connectivity index (χ0v) is 23.0. The monoisotopic (exact) mass is 654 g/mol. The molecule has 0 radical (unpaired) electrons. The molecule has 1 atom stereocenters. The predicted molar refractivity (Wildman–Crippen MR) is 142 cm³/mol. The summed E-state index contributed by atoms with van der Waals surface area (Å²) in [7, 11) is 1.56. The Labute approximate surface area is 221 Å². The van der Waals surface area contributed by atoms with Gasteiger partial charge in [-0.25, -0.2) is 9.79 Å². The highest BCUT2D eigenvalue weighted by molar-refractivity contribution is 14.1. The second kappa shape index (κ2) is 10.0. The summed E-state index contributed by atoms with van der Waals surface area (Å²) in [5, 5.41) is 10.0. The molecule has 0 saturated heterocycles. The van der Waals surface area contributed by atoms with E-state index in [9.17, 15) is 14.7 Å². The quantitative estimate of drug-likeness (QED) is 0.333. The Bertz CT molecular complexity index is 1490. The molecule has 0 spiro atoms. The number of hydrogen-bond acceptors (Lipinski definition) is 7. The Morgan fingerprint density at radius 2 is 2.12 bits per heavy atom. The van der Waals surface area contributed by atoms with Gasteiger partial charge in [0, 0.05) is 0 Å². The third kappa shape index (κ3) is 4.58. The lowest BCUT2D eigenvalue weighted by atomic mass is 9.95. The lowest BCUT2D eigenvalue weighted by Crippen LogP contribution is -2.39. The summed E-state index contributed by atoms with van der Waals surface area (Å²) in [5.41, 5.74) is 2.01. The maximum atomic E-state index is 13.6. The van der Waals surface area contributed by atoms with Crippen LogP contribution in [-0.2, 0) is 9.53 Å². The molecule has 0 unspecified atom stereocenters. The number of esters is 1. The van der Waals surface area contributed by atoms with E-state index in [1.165, 1.54) is 15.9 Å². The van der Waals surface area contributed by atoms with E-state index >= 15 is 0 Å². The van der Waals surface area contributed by atoms with Crippen LogP contribution in [0.3, 0.4) is 0 Å². The first-order valence-electron chi connectivity index (χ1n) is 10.3. The molecular formula is C24H20BrIN2O5S. The number of rotatable bonds is 5. The first-order valence-corrected chi connectivity index (χ1v) is 13.0. The zero-order chi connectivity index (χ0) is 24.6. The van der Waals surface area contributed by atoms with Crippen molar-refractivity contribution in [2.24, 2.45) is 4.99 Å². The maximum Gasteiger partial charge on any atom is 0.338 e. The highest BCUT2D eigenvalue weighted by Crippen LogP contribution is 2.33. The molecule has 2 aromatic carbocycles. The summed E-state index contributed by atoms with van der Waals surface area (Å²) < 4.78 is 13.9. The number of benzene rings is 2. The number of halogens is 2. The van der Waals surface area contributed by atoms with Crippen molar-refractivity contribution in [3.63, 3.8) is 0 Å². The van der Waals surface area contributed by atoms with Crippen molar-refractivity contribution in [1.82, 2.24) is 4.57 Å². The number of methoxy groups -OCH3 is 1. The third-order valence-electron chi connectivity index (χ3n) is 5.26. The Morgan fingerprint density at radius 1 is 1.35 bits per heavy atom. The average molecular weight is 655 g/mol. The smallest absolute Gasteiger partial charge is 0.338 e. The average Bonchev–Trinajstić information content (AvgIpc) is 3.11. The van der Waals surface area contributed by atoms with Gasteiger partial charge in [0.2, 0.25) is 0 Å². The summed E-state index contributed by atoms with van der Waals surface area (Å²) in [6.45, 7) is 3.69. The number of hydrogen-bond donors (Lipinski definition) is 1. The SMILES string of the molecule is CCOC(=O)C1=C(C)N=c2s/c(=C\c3cc(Br)c(O)c(I)c3)c(=O)n2[C@H]1c1cccc(OC)c1. The molecule has 1 aliphatic rings. The van der Waals surface area contributed by atoms with Gasteiger partial charge in [-0.3, -0.25) is 9.36 Å². The highest BCUT2D eigenvalue weighted by Gasteiger charge is 2.33. The van der Waals surface area contributed by atoms with Crippen molar-refractivity contribution in [3.05, 3.63) is 86.5 Å². The molecule has 1 N–H and O–H groups in total. The van der Waals surface area contributed by atoms with E-state index in [4.69, 9.17) is 9.47 Å². The first kappa shape index (κ1) is 24.7. The van der Waals surface area contributed by atoms with Crippen LogP contribution in [-0.4, -0.2) is 29.4 Å². The molecule has 7 nitrogen and oxygen atoms in total. The highest BCUT2D eigenvalue weighted by atomic mass is 127. The molecule has 176 valence electrons. The van der Waals surface area contributed by atoms with Crippen molar-refractivity contribution in [2.75, 3.05) is 13.7 Å². The van der Waals surface area contributed by atoms with Crippen LogP contribution >= 0.6 is 49.9 Å². The zero-order valence-electron chi connectivity index (χ0n) is 18.5. The molecule has 1 aliphatic heterocycles. The van der Waals surface area contributed by atoms with E-state index in [-0.39, 0.29) is 17.9 Å². The second-order valence-corrected chi connectivity index (χ2v) is 10.4. The van der Waals surface area contributed by atoms with Crippen molar-refractivity contribution in [2.45, 2.75) is 19.9 Å². The van der Waals surface area contributed by atoms with Crippen LogP contribution in [0.1, 0.15) is 31.0 Å². The molecule has 34 heavy (non-hydrogen) atoms. The van der Waals surface area contributed by atoms with Gasteiger partial charge in [0.15, 0.2) is 4.80 Å².